The van der Waals surface area contributed by atoms with Crippen molar-refractivity contribution in [2.24, 2.45) is 10.9 Å². The van der Waals surface area contributed by atoms with Crippen LogP contribution in [0.25, 0.3) is 0 Å². The number of rotatable bonds is 3. The van der Waals surface area contributed by atoms with Crippen LogP contribution in [-0.2, 0) is 0 Å². The molecule has 21 heavy (non-hydrogen) atoms. The molecule has 1 aromatic rings. The summed E-state index contributed by atoms with van der Waals surface area (Å²) in [6.07, 6.45) is 2.26. The SMILES string of the molecule is Cc1nnc(N(C)C2CCCN(C)C2)c(C(N)=NO)c1C. The monoisotopic (exact) mass is 292 g/mol. The molecular weight excluding hydrogens is 268 g/mol. The van der Waals surface area contributed by atoms with E-state index in [0.29, 0.717) is 17.4 Å². The van der Waals surface area contributed by atoms with Gasteiger partial charge in [0.05, 0.1) is 11.3 Å². The van der Waals surface area contributed by atoms with E-state index < -0.39 is 0 Å². The first-order valence-electron chi connectivity index (χ1n) is 7.18. The quantitative estimate of drug-likeness (QED) is 0.369. The zero-order valence-electron chi connectivity index (χ0n) is 13.2. The zero-order chi connectivity index (χ0) is 15.6. The van der Waals surface area contributed by atoms with Crippen LogP contribution in [0.1, 0.15) is 29.7 Å². The number of anilines is 1. The lowest BCUT2D eigenvalue weighted by atomic mass is 10.0. The Labute approximate surface area is 125 Å². The number of amidine groups is 1. The smallest absolute Gasteiger partial charge is 0.174 e. The van der Waals surface area contributed by atoms with E-state index in [9.17, 15) is 0 Å². The van der Waals surface area contributed by atoms with Gasteiger partial charge in [-0.15, -0.1) is 5.10 Å². The highest BCUT2D eigenvalue weighted by atomic mass is 16.4. The van der Waals surface area contributed by atoms with Gasteiger partial charge < -0.3 is 20.7 Å². The maximum absolute atomic E-state index is 9.05. The van der Waals surface area contributed by atoms with Crippen molar-refractivity contribution in [3.05, 3.63) is 16.8 Å². The molecule has 7 heteroatoms. The molecule has 1 aliphatic rings. The van der Waals surface area contributed by atoms with Gasteiger partial charge in [0.15, 0.2) is 11.7 Å². The molecule has 0 aromatic carbocycles. The van der Waals surface area contributed by atoms with E-state index in [1.54, 1.807) is 0 Å². The summed E-state index contributed by atoms with van der Waals surface area (Å²) in [6.45, 7) is 5.88. The Morgan fingerprint density at radius 1 is 1.43 bits per heavy atom. The fourth-order valence-electron chi connectivity index (χ4n) is 2.83. The van der Waals surface area contributed by atoms with Crippen molar-refractivity contribution in [2.75, 3.05) is 32.1 Å². The van der Waals surface area contributed by atoms with Crippen LogP contribution in [-0.4, -0.2) is 59.4 Å². The molecule has 1 aromatic heterocycles. The summed E-state index contributed by atoms with van der Waals surface area (Å²) >= 11 is 0. The second kappa shape index (κ2) is 6.26. The maximum Gasteiger partial charge on any atom is 0.174 e. The number of nitrogens with two attached hydrogens (primary N) is 1. The topological polar surface area (TPSA) is 90.9 Å². The van der Waals surface area contributed by atoms with Gasteiger partial charge in [-0.3, -0.25) is 0 Å². The van der Waals surface area contributed by atoms with Crippen molar-refractivity contribution in [1.29, 1.82) is 0 Å². The third kappa shape index (κ3) is 3.07. The molecule has 7 nitrogen and oxygen atoms in total. The van der Waals surface area contributed by atoms with Crippen LogP contribution in [0.4, 0.5) is 5.82 Å². The number of aromatic nitrogens is 2. The Morgan fingerprint density at radius 3 is 2.76 bits per heavy atom. The molecule has 1 fully saturated rings. The fraction of sp³-hybridized carbons (Fsp3) is 0.643. The summed E-state index contributed by atoms with van der Waals surface area (Å²) in [5, 5.41) is 20.7. The van der Waals surface area contributed by atoms with Gasteiger partial charge in [0, 0.05) is 19.6 Å². The largest absolute Gasteiger partial charge is 0.409 e. The average molecular weight is 292 g/mol. The third-order valence-corrected chi connectivity index (χ3v) is 4.28. The predicted molar refractivity (Wildman–Crippen MR) is 82.9 cm³/mol. The highest BCUT2D eigenvalue weighted by Crippen LogP contribution is 2.25. The maximum atomic E-state index is 9.05. The summed E-state index contributed by atoms with van der Waals surface area (Å²) in [5.74, 6) is 0.755. The van der Waals surface area contributed by atoms with Crippen LogP contribution in [0.2, 0.25) is 0 Å². The van der Waals surface area contributed by atoms with Gasteiger partial charge in [-0.05, 0) is 45.8 Å². The molecule has 1 aliphatic heterocycles. The standard InChI is InChI=1S/C14H24N6O/c1-9-10(2)16-17-14(12(9)13(15)18-21)20(4)11-6-5-7-19(3)8-11/h11,21H,5-8H2,1-4H3,(H2,15,18). The van der Waals surface area contributed by atoms with Crippen LogP contribution in [0.15, 0.2) is 5.16 Å². The summed E-state index contributed by atoms with van der Waals surface area (Å²) in [4.78, 5) is 4.41. The van der Waals surface area contributed by atoms with Crippen LogP contribution < -0.4 is 10.6 Å². The number of hydrogen-bond donors (Lipinski definition) is 2. The Bertz CT molecular complexity index is 545. The molecule has 0 amide bonds. The van der Waals surface area contributed by atoms with Crippen molar-refractivity contribution in [2.45, 2.75) is 32.7 Å². The number of aryl methyl sites for hydroxylation is 1. The van der Waals surface area contributed by atoms with E-state index in [1.807, 2.05) is 20.9 Å². The van der Waals surface area contributed by atoms with Gasteiger partial charge >= 0.3 is 0 Å². The first-order valence-corrected chi connectivity index (χ1v) is 7.18. The minimum atomic E-state index is 0.0801. The number of hydrogen-bond acceptors (Lipinski definition) is 6. The van der Waals surface area contributed by atoms with E-state index in [0.717, 1.165) is 37.2 Å². The Morgan fingerprint density at radius 2 is 2.14 bits per heavy atom. The molecule has 1 unspecified atom stereocenters. The first kappa shape index (κ1) is 15.5. The molecule has 0 aliphatic carbocycles. The van der Waals surface area contributed by atoms with Gasteiger partial charge in [0.25, 0.3) is 0 Å². The Kier molecular flexibility index (Phi) is 4.62. The molecule has 0 bridgehead atoms. The van der Waals surface area contributed by atoms with Gasteiger partial charge in [0.2, 0.25) is 0 Å². The summed E-state index contributed by atoms with van der Waals surface area (Å²) in [5.41, 5.74) is 8.20. The summed E-state index contributed by atoms with van der Waals surface area (Å²) in [6, 6.07) is 0.352. The molecule has 3 N–H and O–H groups in total. The van der Waals surface area contributed by atoms with Crippen LogP contribution >= 0.6 is 0 Å². The average Bonchev–Trinajstić information content (AvgIpc) is 2.48. The van der Waals surface area contributed by atoms with Gasteiger partial charge in [-0.2, -0.15) is 5.10 Å². The molecule has 1 atom stereocenters. The summed E-state index contributed by atoms with van der Waals surface area (Å²) < 4.78 is 0. The number of oxime groups is 1. The molecular formula is C14H24N6O. The molecule has 0 radical (unpaired) electrons. The van der Waals surface area contributed by atoms with Crippen molar-refractivity contribution in [3.63, 3.8) is 0 Å². The van der Waals surface area contributed by atoms with Crippen molar-refractivity contribution < 1.29 is 5.21 Å². The third-order valence-electron chi connectivity index (χ3n) is 4.28. The highest BCUT2D eigenvalue weighted by molar-refractivity contribution is 6.02. The first-order chi connectivity index (χ1) is 9.95. The lowest BCUT2D eigenvalue weighted by Crippen LogP contribution is -2.46. The van der Waals surface area contributed by atoms with E-state index in [2.05, 4.69) is 32.2 Å². The Hall–Kier alpha value is -1.89. The molecule has 2 heterocycles. The molecule has 0 spiro atoms. The molecule has 1 saturated heterocycles. The molecule has 0 saturated carbocycles. The number of likely N-dealkylation sites (tertiary alicyclic amines) is 1. The van der Waals surface area contributed by atoms with E-state index in [4.69, 9.17) is 10.9 Å². The number of likely N-dealkylation sites (N-methyl/N-ethyl adjacent to an activating group) is 2. The second-order valence-electron chi connectivity index (χ2n) is 5.76. The molecule has 116 valence electrons. The summed E-state index contributed by atoms with van der Waals surface area (Å²) in [7, 11) is 4.12. The van der Waals surface area contributed by atoms with E-state index in [-0.39, 0.29) is 5.84 Å². The van der Waals surface area contributed by atoms with Crippen LogP contribution in [0, 0.1) is 13.8 Å². The minimum Gasteiger partial charge on any atom is -0.409 e. The van der Waals surface area contributed by atoms with Crippen molar-refractivity contribution in [1.82, 2.24) is 15.1 Å². The normalized spacial score (nSPS) is 20.6. The van der Waals surface area contributed by atoms with Gasteiger partial charge in [-0.25, -0.2) is 0 Å². The lowest BCUT2D eigenvalue weighted by molar-refractivity contribution is 0.247. The number of piperidine rings is 1. The zero-order valence-corrected chi connectivity index (χ0v) is 13.2. The van der Waals surface area contributed by atoms with E-state index in [1.165, 1.54) is 0 Å². The van der Waals surface area contributed by atoms with E-state index >= 15 is 0 Å². The second-order valence-corrected chi connectivity index (χ2v) is 5.76. The van der Waals surface area contributed by atoms with Gasteiger partial charge in [-0.1, -0.05) is 5.16 Å². The predicted octanol–water partition coefficient (Wildman–Crippen LogP) is 0.718. The van der Waals surface area contributed by atoms with Crippen molar-refractivity contribution >= 4 is 11.7 Å². The fourth-order valence-corrected chi connectivity index (χ4v) is 2.83. The van der Waals surface area contributed by atoms with Crippen molar-refractivity contribution in [3.8, 4) is 0 Å². The number of nitrogens with zero attached hydrogens (tertiary/aromatic N) is 5. The lowest BCUT2D eigenvalue weighted by Gasteiger charge is -2.37. The highest BCUT2D eigenvalue weighted by Gasteiger charge is 2.26. The minimum absolute atomic E-state index is 0.0801. The van der Waals surface area contributed by atoms with Crippen LogP contribution in [0.5, 0.6) is 0 Å². The molecule has 2 rings (SSSR count). The van der Waals surface area contributed by atoms with Gasteiger partial charge in [0.1, 0.15) is 0 Å². The Balaban J connectivity index is 2.41. The van der Waals surface area contributed by atoms with Crippen LogP contribution in [0.3, 0.4) is 0 Å².